The number of ether oxygens (including phenoxy) is 4. The number of carbonyl (C=O) groups excluding carboxylic acids is 4. The molecule has 0 saturated heterocycles. The molecular formula is C86H168O17P2. The lowest BCUT2D eigenvalue weighted by molar-refractivity contribution is -0.161. The molecule has 3 N–H and O–H groups in total. The second-order valence-electron chi connectivity index (χ2n) is 31.4. The number of hydrogen-bond donors (Lipinski definition) is 3. The molecule has 19 heteroatoms. The van der Waals surface area contributed by atoms with Gasteiger partial charge in [0.05, 0.1) is 26.4 Å². The summed E-state index contributed by atoms with van der Waals surface area (Å²) in [5, 5.41) is 10.6. The van der Waals surface area contributed by atoms with Crippen molar-refractivity contribution >= 4 is 39.5 Å². The molecule has 0 aromatic rings. The van der Waals surface area contributed by atoms with Gasteiger partial charge in [-0.2, -0.15) is 0 Å². The summed E-state index contributed by atoms with van der Waals surface area (Å²) in [6.07, 6.45) is 72.8. The first kappa shape index (κ1) is 103. The number of aliphatic hydroxyl groups excluding tert-OH is 1. The Kier molecular flexibility index (Phi) is 77.3. The van der Waals surface area contributed by atoms with E-state index in [4.69, 9.17) is 37.0 Å². The lowest BCUT2D eigenvalue weighted by atomic mass is 10.0. The Bertz CT molecular complexity index is 2000. The van der Waals surface area contributed by atoms with Crippen molar-refractivity contribution in [3.63, 3.8) is 0 Å². The first-order valence-corrected chi connectivity index (χ1v) is 47.6. The zero-order valence-electron chi connectivity index (χ0n) is 68.9. The molecule has 5 atom stereocenters. The minimum Gasteiger partial charge on any atom is -0.462 e. The van der Waals surface area contributed by atoms with Crippen molar-refractivity contribution in [2.45, 2.75) is 483 Å². The van der Waals surface area contributed by atoms with Gasteiger partial charge in [-0.25, -0.2) is 9.13 Å². The standard InChI is InChI=1S/C86H168O17P2/c1-6-9-12-15-17-19-21-23-25-27-29-30-31-36-39-43-47-51-55-60-65-70-84(89)97-76-82(103-86(91)72-67-62-57-53-49-45-41-37-33-32-34-38-42-46-50-54-59-63-68-79(4)5)78-101-105(94,95)99-74-80(87)73-98-104(92,93)100-77-81(75-96-83(88)69-64-58-14-11-8-3)102-85(90)71-66-61-56-52-48-44-40-35-28-26-24-22-20-18-16-13-10-7-2/h79-82,87H,6-78H2,1-5H3,(H,92,93)(H,94,95)/t80-,81+,82+/m0/s1. The second-order valence-corrected chi connectivity index (χ2v) is 34.3. The van der Waals surface area contributed by atoms with E-state index in [9.17, 15) is 43.2 Å². The quantitative estimate of drug-likeness (QED) is 0.0222. The van der Waals surface area contributed by atoms with Crippen LogP contribution < -0.4 is 0 Å². The van der Waals surface area contributed by atoms with Crippen LogP contribution in [0.2, 0.25) is 0 Å². The van der Waals surface area contributed by atoms with E-state index in [1.165, 1.54) is 283 Å². The molecular weight excluding hydrogens is 1370 g/mol. The highest BCUT2D eigenvalue weighted by Crippen LogP contribution is 2.45. The number of phosphoric acid groups is 2. The largest absolute Gasteiger partial charge is 0.472 e. The molecule has 0 aliphatic rings. The van der Waals surface area contributed by atoms with E-state index in [-0.39, 0.29) is 25.7 Å². The zero-order valence-corrected chi connectivity index (χ0v) is 70.7. The molecule has 2 unspecified atom stereocenters. The minimum absolute atomic E-state index is 0.108. The third-order valence-electron chi connectivity index (χ3n) is 20.3. The fraction of sp³-hybridized carbons (Fsp3) is 0.953. The monoisotopic (exact) mass is 1540 g/mol. The summed E-state index contributed by atoms with van der Waals surface area (Å²) in [4.78, 5) is 72.9. The summed E-state index contributed by atoms with van der Waals surface area (Å²) < 4.78 is 68.6. The van der Waals surface area contributed by atoms with Gasteiger partial charge in [0, 0.05) is 25.7 Å². The van der Waals surface area contributed by atoms with Crippen molar-refractivity contribution in [1.29, 1.82) is 0 Å². The van der Waals surface area contributed by atoms with E-state index < -0.39 is 97.5 Å². The van der Waals surface area contributed by atoms with Gasteiger partial charge in [0.25, 0.3) is 0 Å². The summed E-state index contributed by atoms with van der Waals surface area (Å²) >= 11 is 0. The summed E-state index contributed by atoms with van der Waals surface area (Å²) in [5.41, 5.74) is 0. The lowest BCUT2D eigenvalue weighted by Gasteiger charge is -2.21. The minimum atomic E-state index is -4.96. The highest BCUT2D eigenvalue weighted by molar-refractivity contribution is 7.47. The van der Waals surface area contributed by atoms with Crippen LogP contribution in [0.15, 0.2) is 0 Å². The molecule has 0 aromatic carbocycles. The molecule has 0 amide bonds. The molecule has 17 nitrogen and oxygen atoms in total. The molecule has 105 heavy (non-hydrogen) atoms. The van der Waals surface area contributed by atoms with Gasteiger partial charge in [-0.3, -0.25) is 37.3 Å². The van der Waals surface area contributed by atoms with Crippen LogP contribution in [-0.4, -0.2) is 96.7 Å². The molecule has 0 heterocycles. The van der Waals surface area contributed by atoms with Crippen molar-refractivity contribution < 1.29 is 80.2 Å². The Morgan fingerprint density at radius 1 is 0.257 bits per heavy atom. The maximum Gasteiger partial charge on any atom is 0.472 e. The lowest BCUT2D eigenvalue weighted by Crippen LogP contribution is -2.30. The highest BCUT2D eigenvalue weighted by Gasteiger charge is 2.30. The van der Waals surface area contributed by atoms with Gasteiger partial charge in [0.1, 0.15) is 19.3 Å². The SMILES string of the molecule is CCCCCCCCCCCCCCCCCCCCCCCC(=O)OC[C@H](COP(=O)(O)OC[C@@H](O)COP(=O)(O)OC[C@@H](COC(=O)CCCCCCC)OC(=O)CCCCCCCCCCCCCCCCCCCC)OC(=O)CCCCCCCCCCCCCCCCCCCCC(C)C. The summed E-state index contributed by atoms with van der Waals surface area (Å²) in [7, 11) is -9.91. The third-order valence-corrected chi connectivity index (χ3v) is 22.2. The molecule has 0 spiro atoms. The molecule has 0 saturated carbocycles. The Morgan fingerprint density at radius 2 is 0.438 bits per heavy atom. The Labute approximate surface area is 645 Å². The maximum atomic E-state index is 13.1. The van der Waals surface area contributed by atoms with E-state index in [2.05, 4.69) is 34.6 Å². The fourth-order valence-corrected chi connectivity index (χ4v) is 15.1. The molecule has 0 aliphatic carbocycles. The molecule has 0 radical (unpaired) electrons. The zero-order chi connectivity index (χ0) is 76.9. The van der Waals surface area contributed by atoms with E-state index in [1.54, 1.807) is 0 Å². The van der Waals surface area contributed by atoms with Gasteiger partial charge < -0.3 is 33.8 Å². The van der Waals surface area contributed by atoms with Crippen LogP contribution in [-0.2, 0) is 65.4 Å². The fourth-order valence-electron chi connectivity index (χ4n) is 13.5. The van der Waals surface area contributed by atoms with Crippen LogP contribution in [0, 0.1) is 5.92 Å². The summed E-state index contributed by atoms with van der Waals surface area (Å²) in [6.45, 7) is 7.31. The topological polar surface area (TPSA) is 237 Å². The summed E-state index contributed by atoms with van der Waals surface area (Å²) in [5.74, 6) is -1.29. The van der Waals surface area contributed by atoms with Crippen LogP contribution in [0.5, 0.6) is 0 Å². The van der Waals surface area contributed by atoms with Crippen LogP contribution in [0.25, 0.3) is 0 Å². The van der Waals surface area contributed by atoms with Crippen LogP contribution >= 0.6 is 15.6 Å². The van der Waals surface area contributed by atoms with Crippen molar-refractivity contribution in [1.82, 2.24) is 0 Å². The number of carbonyl (C=O) groups is 4. The van der Waals surface area contributed by atoms with Gasteiger partial charge in [0.2, 0.25) is 0 Å². The number of hydrogen-bond acceptors (Lipinski definition) is 15. The predicted octanol–water partition coefficient (Wildman–Crippen LogP) is 26.4. The van der Waals surface area contributed by atoms with Crippen LogP contribution in [0.4, 0.5) is 0 Å². The molecule has 624 valence electrons. The second kappa shape index (κ2) is 78.7. The molecule has 0 bridgehead atoms. The average molecular weight is 1540 g/mol. The highest BCUT2D eigenvalue weighted by atomic mass is 31.2. The van der Waals surface area contributed by atoms with Crippen LogP contribution in [0.1, 0.15) is 465 Å². The van der Waals surface area contributed by atoms with Crippen molar-refractivity contribution in [3.05, 3.63) is 0 Å². The van der Waals surface area contributed by atoms with Crippen molar-refractivity contribution in [2.75, 3.05) is 39.6 Å². The molecule has 0 fully saturated rings. The number of rotatable bonds is 86. The number of esters is 4. The number of unbranched alkanes of at least 4 members (excludes halogenated alkanes) is 58. The van der Waals surface area contributed by atoms with Crippen LogP contribution in [0.3, 0.4) is 0 Å². The maximum absolute atomic E-state index is 13.1. The van der Waals surface area contributed by atoms with Gasteiger partial charge >= 0.3 is 39.5 Å². The summed E-state index contributed by atoms with van der Waals surface area (Å²) in [6, 6.07) is 0. The van der Waals surface area contributed by atoms with Crippen molar-refractivity contribution in [3.8, 4) is 0 Å². The smallest absolute Gasteiger partial charge is 0.462 e. The molecule has 0 aliphatic heterocycles. The van der Waals surface area contributed by atoms with Gasteiger partial charge in [-0.05, 0) is 31.6 Å². The van der Waals surface area contributed by atoms with E-state index in [1.807, 2.05) is 0 Å². The first-order valence-electron chi connectivity index (χ1n) is 44.6. The predicted molar refractivity (Wildman–Crippen MR) is 432 cm³/mol. The van der Waals surface area contributed by atoms with Crippen molar-refractivity contribution in [2.24, 2.45) is 5.92 Å². The number of phosphoric ester groups is 2. The van der Waals surface area contributed by atoms with E-state index in [0.29, 0.717) is 25.7 Å². The molecule has 0 aromatic heterocycles. The Balaban J connectivity index is 5.09. The third kappa shape index (κ3) is 79.9. The van der Waals surface area contributed by atoms with E-state index >= 15 is 0 Å². The number of aliphatic hydroxyl groups is 1. The Morgan fingerprint density at radius 3 is 0.648 bits per heavy atom. The van der Waals surface area contributed by atoms with Gasteiger partial charge in [0.15, 0.2) is 12.2 Å². The average Bonchev–Trinajstić information content (AvgIpc) is 0.993. The Hall–Kier alpha value is -1.94. The van der Waals surface area contributed by atoms with E-state index in [0.717, 1.165) is 102 Å². The van der Waals surface area contributed by atoms with Gasteiger partial charge in [-0.1, -0.05) is 413 Å². The van der Waals surface area contributed by atoms with Gasteiger partial charge in [-0.15, -0.1) is 0 Å². The molecule has 0 rings (SSSR count). The normalized spacial score (nSPS) is 13.8. The first-order chi connectivity index (χ1) is 51.0.